The van der Waals surface area contributed by atoms with Gasteiger partial charge in [0, 0.05) is 18.2 Å². The zero-order chi connectivity index (χ0) is 13.2. The summed E-state index contributed by atoms with van der Waals surface area (Å²) in [6, 6.07) is 4.03. The van der Waals surface area contributed by atoms with Crippen molar-refractivity contribution in [2.75, 3.05) is 13.2 Å². The first-order chi connectivity index (χ1) is 8.53. The van der Waals surface area contributed by atoms with E-state index in [4.69, 9.17) is 16.3 Å². The molecule has 1 heterocycles. The molecule has 0 unspecified atom stereocenters. The lowest BCUT2D eigenvalue weighted by Crippen LogP contribution is -2.39. The van der Waals surface area contributed by atoms with Crippen molar-refractivity contribution in [2.45, 2.75) is 19.3 Å². The van der Waals surface area contributed by atoms with Crippen LogP contribution in [0, 0.1) is 11.2 Å². The van der Waals surface area contributed by atoms with Gasteiger partial charge in [0.15, 0.2) is 0 Å². The van der Waals surface area contributed by atoms with Crippen molar-refractivity contribution in [3.8, 4) is 0 Å². The Labute approximate surface area is 110 Å². The van der Waals surface area contributed by atoms with Gasteiger partial charge in [-0.3, -0.25) is 4.79 Å². The summed E-state index contributed by atoms with van der Waals surface area (Å²) in [5, 5.41) is 9.82. The molecule has 0 bridgehead atoms. The van der Waals surface area contributed by atoms with E-state index >= 15 is 0 Å². The molecule has 0 saturated carbocycles. The first kappa shape index (κ1) is 13.3. The van der Waals surface area contributed by atoms with Gasteiger partial charge in [-0.25, -0.2) is 4.39 Å². The first-order valence-electron chi connectivity index (χ1n) is 5.79. The van der Waals surface area contributed by atoms with Crippen LogP contribution < -0.4 is 0 Å². The van der Waals surface area contributed by atoms with Crippen molar-refractivity contribution in [1.29, 1.82) is 0 Å². The maximum absolute atomic E-state index is 13.2. The number of carboxylic acids is 1. The second kappa shape index (κ2) is 5.24. The first-order valence-corrected chi connectivity index (χ1v) is 6.16. The summed E-state index contributed by atoms with van der Waals surface area (Å²) in [6.45, 7) is 0.832. The number of benzene rings is 1. The molecular weight excluding hydrogens is 259 g/mol. The minimum absolute atomic E-state index is 0.238. The third-order valence-electron chi connectivity index (χ3n) is 3.44. The maximum Gasteiger partial charge on any atom is 0.310 e. The molecule has 0 amide bonds. The topological polar surface area (TPSA) is 46.5 Å². The standard InChI is InChI=1S/C13H14ClFO3/c14-11-2-1-10(15)7-9(11)8-13(12(16)17)3-5-18-6-4-13/h1-2,7H,3-6,8H2,(H,16,17). The van der Waals surface area contributed by atoms with Gasteiger partial charge in [0.1, 0.15) is 5.82 Å². The molecule has 0 radical (unpaired) electrons. The molecule has 18 heavy (non-hydrogen) atoms. The lowest BCUT2D eigenvalue weighted by atomic mass is 9.75. The Bertz CT molecular complexity index is 456. The second-order valence-corrected chi connectivity index (χ2v) is 5.02. The van der Waals surface area contributed by atoms with E-state index in [1.54, 1.807) is 0 Å². The number of halogens is 2. The molecule has 2 rings (SSSR count). The van der Waals surface area contributed by atoms with Gasteiger partial charge in [-0.1, -0.05) is 11.6 Å². The van der Waals surface area contributed by atoms with Crippen molar-refractivity contribution in [2.24, 2.45) is 5.41 Å². The molecule has 5 heteroatoms. The minimum atomic E-state index is -0.893. The summed E-state index contributed by atoms with van der Waals surface area (Å²) < 4.78 is 18.4. The smallest absolute Gasteiger partial charge is 0.310 e. The molecule has 0 atom stereocenters. The van der Waals surface area contributed by atoms with E-state index in [-0.39, 0.29) is 6.42 Å². The quantitative estimate of drug-likeness (QED) is 0.920. The van der Waals surface area contributed by atoms with E-state index in [1.165, 1.54) is 18.2 Å². The van der Waals surface area contributed by atoms with E-state index in [0.717, 1.165) is 0 Å². The van der Waals surface area contributed by atoms with Crippen LogP contribution in [0.15, 0.2) is 18.2 Å². The molecule has 1 fully saturated rings. The van der Waals surface area contributed by atoms with E-state index in [1.807, 2.05) is 0 Å². The van der Waals surface area contributed by atoms with Crippen LogP contribution in [-0.4, -0.2) is 24.3 Å². The Morgan fingerprint density at radius 2 is 2.11 bits per heavy atom. The van der Waals surface area contributed by atoms with Crippen molar-refractivity contribution in [3.05, 3.63) is 34.6 Å². The summed E-state index contributed by atoms with van der Waals surface area (Å²) in [7, 11) is 0. The van der Waals surface area contributed by atoms with E-state index in [9.17, 15) is 14.3 Å². The highest BCUT2D eigenvalue weighted by Crippen LogP contribution is 2.36. The Kier molecular flexibility index (Phi) is 3.88. The summed E-state index contributed by atoms with van der Waals surface area (Å²) >= 11 is 5.99. The van der Waals surface area contributed by atoms with Crippen LogP contribution in [-0.2, 0) is 16.0 Å². The van der Waals surface area contributed by atoms with Crippen LogP contribution in [0.5, 0.6) is 0 Å². The molecule has 1 saturated heterocycles. The molecule has 1 aliphatic rings. The predicted octanol–water partition coefficient (Wildman–Crippen LogP) is 2.90. The highest BCUT2D eigenvalue weighted by atomic mass is 35.5. The molecule has 0 aliphatic carbocycles. The van der Waals surface area contributed by atoms with Gasteiger partial charge in [-0.2, -0.15) is 0 Å². The number of rotatable bonds is 3. The second-order valence-electron chi connectivity index (χ2n) is 4.61. The van der Waals surface area contributed by atoms with Crippen LogP contribution in [0.4, 0.5) is 4.39 Å². The molecule has 1 aromatic carbocycles. The lowest BCUT2D eigenvalue weighted by Gasteiger charge is -2.33. The highest BCUT2D eigenvalue weighted by Gasteiger charge is 2.40. The summed E-state index contributed by atoms with van der Waals surface area (Å²) in [6.07, 6.45) is 1.09. The van der Waals surface area contributed by atoms with Crippen LogP contribution >= 0.6 is 11.6 Å². The Hall–Kier alpha value is -1.13. The highest BCUT2D eigenvalue weighted by molar-refractivity contribution is 6.31. The molecule has 1 aliphatic heterocycles. The van der Waals surface area contributed by atoms with E-state index in [0.29, 0.717) is 36.6 Å². The van der Waals surface area contributed by atoms with Gasteiger partial charge in [0.05, 0.1) is 5.41 Å². The number of ether oxygens (including phenoxy) is 1. The van der Waals surface area contributed by atoms with Crippen molar-refractivity contribution in [1.82, 2.24) is 0 Å². The molecule has 98 valence electrons. The maximum atomic E-state index is 13.2. The molecule has 1 aromatic rings. The molecule has 3 nitrogen and oxygen atoms in total. The van der Waals surface area contributed by atoms with Crippen molar-refractivity contribution >= 4 is 17.6 Å². The van der Waals surface area contributed by atoms with Gasteiger partial charge >= 0.3 is 5.97 Å². The zero-order valence-corrected chi connectivity index (χ0v) is 10.5. The van der Waals surface area contributed by atoms with Gasteiger partial charge in [0.25, 0.3) is 0 Å². The van der Waals surface area contributed by atoms with Crippen molar-refractivity contribution < 1.29 is 19.0 Å². The fourth-order valence-corrected chi connectivity index (χ4v) is 2.46. The largest absolute Gasteiger partial charge is 0.481 e. The Morgan fingerprint density at radius 1 is 1.44 bits per heavy atom. The van der Waals surface area contributed by atoms with Gasteiger partial charge in [-0.05, 0) is 43.0 Å². The van der Waals surface area contributed by atoms with Crippen molar-refractivity contribution in [3.63, 3.8) is 0 Å². The Morgan fingerprint density at radius 3 is 2.72 bits per heavy atom. The molecule has 1 N–H and O–H groups in total. The molecule has 0 spiro atoms. The summed E-state index contributed by atoms with van der Waals surface area (Å²) in [5.41, 5.74) is -0.351. The Balaban J connectivity index is 2.28. The third kappa shape index (κ3) is 2.65. The van der Waals surface area contributed by atoms with Gasteiger partial charge in [-0.15, -0.1) is 0 Å². The fourth-order valence-electron chi connectivity index (χ4n) is 2.27. The number of hydrogen-bond acceptors (Lipinski definition) is 2. The van der Waals surface area contributed by atoms with E-state index in [2.05, 4.69) is 0 Å². The van der Waals surface area contributed by atoms with Crippen LogP contribution in [0.3, 0.4) is 0 Å². The predicted molar refractivity (Wildman–Crippen MR) is 65.2 cm³/mol. The zero-order valence-electron chi connectivity index (χ0n) is 9.79. The minimum Gasteiger partial charge on any atom is -0.481 e. The summed E-state index contributed by atoms with van der Waals surface area (Å²) in [5.74, 6) is -1.27. The number of carboxylic acid groups (broad SMARTS) is 1. The SMILES string of the molecule is O=C(O)C1(Cc2cc(F)ccc2Cl)CCOCC1. The number of carbonyl (C=O) groups is 1. The number of hydrogen-bond donors (Lipinski definition) is 1. The molecular formula is C13H14ClFO3. The van der Waals surface area contributed by atoms with E-state index < -0.39 is 17.2 Å². The average molecular weight is 273 g/mol. The molecule has 0 aromatic heterocycles. The monoisotopic (exact) mass is 272 g/mol. The van der Waals surface area contributed by atoms with Gasteiger partial charge < -0.3 is 9.84 Å². The van der Waals surface area contributed by atoms with Crippen LogP contribution in [0.2, 0.25) is 5.02 Å². The number of aliphatic carboxylic acids is 1. The lowest BCUT2D eigenvalue weighted by molar-refractivity contribution is -0.154. The fraction of sp³-hybridized carbons (Fsp3) is 0.462. The normalized spacial score (nSPS) is 18.6. The van der Waals surface area contributed by atoms with Crippen LogP contribution in [0.25, 0.3) is 0 Å². The summed E-state index contributed by atoms with van der Waals surface area (Å²) in [4.78, 5) is 11.5. The third-order valence-corrected chi connectivity index (χ3v) is 3.81. The van der Waals surface area contributed by atoms with Crippen LogP contribution in [0.1, 0.15) is 18.4 Å². The average Bonchev–Trinajstić information content (AvgIpc) is 2.35. The van der Waals surface area contributed by atoms with Gasteiger partial charge in [0.2, 0.25) is 0 Å².